The van der Waals surface area contributed by atoms with E-state index in [0.717, 1.165) is 42.6 Å². The molecule has 0 aliphatic carbocycles. The van der Waals surface area contributed by atoms with E-state index in [1.807, 2.05) is 30.3 Å². The van der Waals surface area contributed by atoms with Gasteiger partial charge in [-0.15, -0.1) is 0 Å². The molecule has 23 heavy (non-hydrogen) atoms. The number of rotatable bonds is 0. The molecule has 0 spiro atoms. The van der Waals surface area contributed by atoms with E-state index in [9.17, 15) is 0 Å². The molecule has 0 bridgehead atoms. The molecule has 0 saturated carbocycles. The summed E-state index contributed by atoms with van der Waals surface area (Å²) in [5.41, 5.74) is 1.59. The standard InChI is InChI=1S/C20H10BrClO/c21-18-14-8-4-2-5-11(14)9-15-17-13-7-3-1-6-12(13)10-16(22)20(17)23-19(15)18/h1-10H. The van der Waals surface area contributed by atoms with Crippen LogP contribution in [0, 0.1) is 0 Å². The topological polar surface area (TPSA) is 13.1 Å². The van der Waals surface area contributed by atoms with Gasteiger partial charge in [0.25, 0.3) is 0 Å². The smallest absolute Gasteiger partial charge is 0.154 e. The first kappa shape index (κ1) is 13.4. The van der Waals surface area contributed by atoms with Crippen molar-refractivity contribution in [2.75, 3.05) is 0 Å². The Labute approximate surface area is 145 Å². The van der Waals surface area contributed by atoms with Crippen molar-refractivity contribution < 1.29 is 4.42 Å². The van der Waals surface area contributed by atoms with Gasteiger partial charge in [0, 0.05) is 10.8 Å². The second kappa shape index (κ2) is 4.73. The lowest BCUT2D eigenvalue weighted by atomic mass is 10.0. The van der Waals surface area contributed by atoms with Crippen molar-refractivity contribution in [1.82, 2.24) is 0 Å². The molecule has 4 aromatic carbocycles. The van der Waals surface area contributed by atoms with Crippen LogP contribution in [0.1, 0.15) is 0 Å². The van der Waals surface area contributed by atoms with Crippen molar-refractivity contribution in [3.05, 3.63) is 70.2 Å². The fourth-order valence-corrected chi connectivity index (χ4v) is 4.24. The Bertz CT molecular complexity index is 1240. The normalized spacial score (nSPS) is 11.9. The first-order chi connectivity index (χ1) is 11.2. The second-order valence-electron chi connectivity index (χ2n) is 5.67. The van der Waals surface area contributed by atoms with Crippen LogP contribution in [0.4, 0.5) is 0 Å². The van der Waals surface area contributed by atoms with E-state index in [1.54, 1.807) is 0 Å². The predicted octanol–water partition coefficient (Wildman–Crippen LogP) is 7.31. The van der Waals surface area contributed by atoms with Crippen LogP contribution >= 0.6 is 27.5 Å². The monoisotopic (exact) mass is 380 g/mol. The Morgan fingerprint density at radius 1 is 0.739 bits per heavy atom. The van der Waals surface area contributed by atoms with Crippen LogP contribution < -0.4 is 0 Å². The summed E-state index contributed by atoms with van der Waals surface area (Å²) in [6.07, 6.45) is 0. The third kappa shape index (κ3) is 1.79. The zero-order chi connectivity index (χ0) is 15.6. The molecule has 3 heteroatoms. The molecule has 0 aliphatic heterocycles. The summed E-state index contributed by atoms with van der Waals surface area (Å²) in [7, 11) is 0. The fraction of sp³-hybridized carbons (Fsp3) is 0. The van der Waals surface area contributed by atoms with Crippen LogP contribution in [0.15, 0.2) is 69.6 Å². The molecule has 0 N–H and O–H groups in total. The van der Waals surface area contributed by atoms with Gasteiger partial charge >= 0.3 is 0 Å². The molecule has 0 fully saturated rings. The molecule has 0 radical (unpaired) electrons. The molecule has 0 unspecified atom stereocenters. The molecule has 0 amide bonds. The maximum atomic E-state index is 6.48. The van der Waals surface area contributed by atoms with E-state index in [1.165, 1.54) is 5.39 Å². The van der Waals surface area contributed by atoms with Crippen molar-refractivity contribution in [2.24, 2.45) is 0 Å². The maximum Gasteiger partial charge on any atom is 0.154 e. The summed E-state index contributed by atoms with van der Waals surface area (Å²) in [6, 6.07) is 20.7. The van der Waals surface area contributed by atoms with Crippen LogP contribution in [0.2, 0.25) is 5.02 Å². The van der Waals surface area contributed by atoms with Crippen LogP contribution in [0.25, 0.3) is 43.5 Å². The first-order valence-corrected chi connectivity index (χ1v) is 8.52. The summed E-state index contributed by atoms with van der Waals surface area (Å²) < 4.78 is 7.13. The highest BCUT2D eigenvalue weighted by molar-refractivity contribution is 9.10. The molecule has 1 aromatic heterocycles. The van der Waals surface area contributed by atoms with Gasteiger partial charge in [0.2, 0.25) is 0 Å². The third-order valence-electron chi connectivity index (χ3n) is 4.37. The van der Waals surface area contributed by atoms with Crippen molar-refractivity contribution in [3.8, 4) is 0 Å². The highest BCUT2D eigenvalue weighted by Gasteiger charge is 2.17. The Morgan fingerprint density at radius 3 is 2.17 bits per heavy atom. The van der Waals surface area contributed by atoms with Gasteiger partial charge in [-0.3, -0.25) is 0 Å². The van der Waals surface area contributed by atoms with E-state index in [4.69, 9.17) is 16.0 Å². The number of benzene rings is 4. The summed E-state index contributed by atoms with van der Waals surface area (Å²) in [5, 5.41) is 7.41. The van der Waals surface area contributed by atoms with Crippen LogP contribution in [0.3, 0.4) is 0 Å². The van der Waals surface area contributed by atoms with Gasteiger partial charge in [0.05, 0.1) is 9.50 Å². The van der Waals surface area contributed by atoms with Crippen LogP contribution in [0.5, 0.6) is 0 Å². The van der Waals surface area contributed by atoms with E-state index in [-0.39, 0.29) is 0 Å². The van der Waals surface area contributed by atoms with Gasteiger partial charge < -0.3 is 4.42 Å². The lowest BCUT2D eigenvalue weighted by Gasteiger charge is -2.02. The molecule has 1 nitrogen and oxygen atoms in total. The first-order valence-electron chi connectivity index (χ1n) is 7.35. The van der Waals surface area contributed by atoms with E-state index in [2.05, 4.69) is 46.3 Å². The van der Waals surface area contributed by atoms with Gasteiger partial charge in [-0.25, -0.2) is 0 Å². The number of hydrogen-bond acceptors (Lipinski definition) is 1. The molecule has 110 valence electrons. The molecule has 1 heterocycles. The number of halogens is 2. The lowest BCUT2D eigenvalue weighted by Crippen LogP contribution is -1.77. The van der Waals surface area contributed by atoms with Crippen LogP contribution in [-0.4, -0.2) is 0 Å². The minimum Gasteiger partial charge on any atom is -0.453 e. The van der Waals surface area contributed by atoms with Gasteiger partial charge in [-0.05, 0) is 49.6 Å². The molecule has 0 saturated heterocycles. The average Bonchev–Trinajstić information content (AvgIpc) is 2.96. The largest absolute Gasteiger partial charge is 0.453 e. The predicted molar refractivity (Wildman–Crippen MR) is 101 cm³/mol. The minimum absolute atomic E-state index is 0.644. The van der Waals surface area contributed by atoms with Gasteiger partial charge in [0.15, 0.2) is 5.58 Å². The molecule has 0 aliphatic rings. The highest BCUT2D eigenvalue weighted by atomic mass is 79.9. The Balaban J connectivity index is 2.14. The molecular formula is C20H10BrClO. The van der Waals surface area contributed by atoms with Gasteiger partial charge in [-0.1, -0.05) is 60.1 Å². The number of furan rings is 1. The summed E-state index contributed by atoms with van der Waals surface area (Å²) >= 11 is 10.2. The highest BCUT2D eigenvalue weighted by Crippen LogP contribution is 2.43. The van der Waals surface area contributed by atoms with E-state index < -0.39 is 0 Å². The summed E-state index contributed by atoms with van der Waals surface area (Å²) in [4.78, 5) is 0. The molecule has 5 aromatic rings. The fourth-order valence-electron chi connectivity index (χ4n) is 3.33. The van der Waals surface area contributed by atoms with Gasteiger partial charge in [-0.2, -0.15) is 0 Å². The lowest BCUT2D eigenvalue weighted by molar-refractivity contribution is 0.668. The minimum atomic E-state index is 0.644. The van der Waals surface area contributed by atoms with Crippen molar-refractivity contribution >= 4 is 71.0 Å². The zero-order valence-electron chi connectivity index (χ0n) is 11.9. The average molecular weight is 382 g/mol. The summed E-state index contributed by atoms with van der Waals surface area (Å²) in [5.74, 6) is 0. The third-order valence-corrected chi connectivity index (χ3v) is 5.44. The quantitative estimate of drug-likeness (QED) is 0.274. The Morgan fingerprint density at radius 2 is 1.39 bits per heavy atom. The Kier molecular flexibility index (Phi) is 2.76. The zero-order valence-corrected chi connectivity index (χ0v) is 14.3. The van der Waals surface area contributed by atoms with E-state index >= 15 is 0 Å². The van der Waals surface area contributed by atoms with E-state index in [0.29, 0.717) is 5.02 Å². The summed E-state index contributed by atoms with van der Waals surface area (Å²) in [6.45, 7) is 0. The second-order valence-corrected chi connectivity index (χ2v) is 6.87. The number of fused-ring (bicyclic) bond motifs is 6. The SMILES string of the molecule is Clc1cc2ccccc2c2c1oc1c(Br)c3ccccc3cc12. The molecule has 0 atom stereocenters. The Hall–Kier alpha value is -2.03. The molecule has 5 rings (SSSR count). The maximum absolute atomic E-state index is 6.48. The van der Waals surface area contributed by atoms with Crippen molar-refractivity contribution in [3.63, 3.8) is 0 Å². The van der Waals surface area contributed by atoms with Gasteiger partial charge in [0.1, 0.15) is 5.58 Å². The van der Waals surface area contributed by atoms with Crippen LogP contribution in [-0.2, 0) is 0 Å². The van der Waals surface area contributed by atoms with Crippen molar-refractivity contribution in [1.29, 1.82) is 0 Å². The number of hydrogen-bond donors (Lipinski definition) is 0. The van der Waals surface area contributed by atoms with Crippen molar-refractivity contribution in [2.45, 2.75) is 0 Å². The molecular weight excluding hydrogens is 372 g/mol.